The SMILES string of the molecule is C=CCCCCC(=O)O[C@@H](/C(C)=C\[C@@H](C)[C@H](O[Si](C)(C)C(C)(C)C)[C@H](C=C)OC)[C@H](C)C(=O)CCCC1CC(=O)NC(=O)C1. The number of hydrogen-bond donors (Lipinski definition) is 1. The van der Waals surface area contributed by atoms with Gasteiger partial charge in [-0.25, -0.2) is 0 Å². The highest BCUT2D eigenvalue weighted by atomic mass is 28.4. The van der Waals surface area contributed by atoms with E-state index < -0.39 is 20.3 Å². The van der Waals surface area contributed by atoms with Crippen LogP contribution in [0.3, 0.4) is 0 Å². The third-order valence-corrected chi connectivity index (χ3v) is 13.6. The van der Waals surface area contributed by atoms with E-state index in [1.54, 1.807) is 13.2 Å². The van der Waals surface area contributed by atoms with Gasteiger partial charge in [0.1, 0.15) is 18.0 Å². The molecule has 0 aromatic carbocycles. The van der Waals surface area contributed by atoms with Gasteiger partial charge in [-0.2, -0.15) is 0 Å². The quantitative estimate of drug-likeness (QED) is 0.0495. The third-order valence-electron chi connectivity index (χ3n) is 9.08. The van der Waals surface area contributed by atoms with Crippen molar-refractivity contribution < 1.29 is 33.1 Å². The Morgan fingerprint density at radius 3 is 2.18 bits per heavy atom. The van der Waals surface area contributed by atoms with Crippen molar-refractivity contribution in [2.24, 2.45) is 17.8 Å². The van der Waals surface area contributed by atoms with Crippen molar-refractivity contribution >= 4 is 31.9 Å². The zero-order chi connectivity index (χ0) is 33.7. The Morgan fingerprint density at radius 1 is 1.05 bits per heavy atom. The van der Waals surface area contributed by atoms with E-state index in [2.05, 4.69) is 59.3 Å². The Labute approximate surface area is 267 Å². The summed E-state index contributed by atoms with van der Waals surface area (Å²) in [5.74, 6) is -1.62. The summed E-state index contributed by atoms with van der Waals surface area (Å²) in [6.07, 6.45) is 8.93. The number of ketones is 1. The molecule has 1 aliphatic rings. The van der Waals surface area contributed by atoms with Crippen molar-refractivity contribution in [3.05, 3.63) is 37.0 Å². The summed E-state index contributed by atoms with van der Waals surface area (Å²) in [6.45, 7) is 24.4. The first-order valence-electron chi connectivity index (χ1n) is 16.1. The summed E-state index contributed by atoms with van der Waals surface area (Å²) in [6, 6.07) is 0. The zero-order valence-corrected chi connectivity index (χ0v) is 29.8. The molecule has 250 valence electrons. The molecule has 0 saturated carbocycles. The highest BCUT2D eigenvalue weighted by molar-refractivity contribution is 6.74. The van der Waals surface area contributed by atoms with Crippen LogP contribution in [0.2, 0.25) is 18.1 Å². The number of piperidine rings is 1. The fraction of sp³-hybridized carbons (Fsp3) is 0.714. The maximum atomic E-state index is 13.4. The number of nitrogens with one attached hydrogen (secondary N) is 1. The van der Waals surface area contributed by atoms with Crippen LogP contribution < -0.4 is 5.32 Å². The molecule has 2 amide bonds. The van der Waals surface area contributed by atoms with Crippen LogP contribution >= 0.6 is 0 Å². The lowest BCUT2D eigenvalue weighted by Crippen LogP contribution is -2.49. The molecule has 0 unspecified atom stereocenters. The topological polar surface area (TPSA) is 108 Å². The molecule has 0 aliphatic carbocycles. The minimum atomic E-state index is -2.18. The van der Waals surface area contributed by atoms with E-state index in [-0.39, 0.29) is 65.5 Å². The number of methoxy groups -OCH3 is 1. The molecular weight excluding hydrogens is 574 g/mol. The molecule has 1 rings (SSSR count). The second-order valence-electron chi connectivity index (χ2n) is 13.9. The van der Waals surface area contributed by atoms with Gasteiger partial charge in [0.2, 0.25) is 11.8 Å². The Morgan fingerprint density at radius 2 is 1.66 bits per heavy atom. The number of allylic oxidation sites excluding steroid dienone is 1. The van der Waals surface area contributed by atoms with Crippen molar-refractivity contribution in [2.45, 2.75) is 136 Å². The largest absolute Gasteiger partial charge is 0.457 e. The van der Waals surface area contributed by atoms with E-state index in [9.17, 15) is 19.2 Å². The monoisotopic (exact) mass is 633 g/mol. The second-order valence-corrected chi connectivity index (χ2v) is 18.6. The van der Waals surface area contributed by atoms with Gasteiger partial charge in [0.15, 0.2) is 8.32 Å². The predicted octanol–water partition coefficient (Wildman–Crippen LogP) is 7.25. The number of unbranched alkanes of at least 4 members (excludes halogenated alkanes) is 2. The summed E-state index contributed by atoms with van der Waals surface area (Å²) in [5.41, 5.74) is 0.787. The minimum Gasteiger partial charge on any atom is -0.457 e. The van der Waals surface area contributed by atoms with Crippen LogP contribution in [0.25, 0.3) is 0 Å². The van der Waals surface area contributed by atoms with Gasteiger partial charge in [0.25, 0.3) is 0 Å². The number of rotatable bonds is 20. The van der Waals surface area contributed by atoms with Crippen LogP contribution in [0.1, 0.15) is 99.3 Å². The summed E-state index contributed by atoms with van der Waals surface area (Å²) < 4.78 is 18.6. The maximum Gasteiger partial charge on any atom is 0.306 e. The van der Waals surface area contributed by atoms with Crippen LogP contribution in [-0.4, -0.2) is 57.3 Å². The number of ether oxygens (including phenoxy) is 2. The van der Waals surface area contributed by atoms with Gasteiger partial charge in [-0.15, -0.1) is 13.2 Å². The molecule has 0 aromatic heterocycles. The minimum absolute atomic E-state index is 0.0114. The van der Waals surface area contributed by atoms with Crippen molar-refractivity contribution in [3.8, 4) is 0 Å². The van der Waals surface area contributed by atoms with E-state index in [1.165, 1.54) is 0 Å². The summed E-state index contributed by atoms with van der Waals surface area (Å²) in [7, 11) is -0.536. The molecule has 0 radical (unpaired) electrons. The molecule has 0 aromatic rings. The molecule has 44 heavy (non-hydrogen) atoms. The smallest absolute Gasteiger partial charge is 0.306 e. The molecule has 0 spiro atoms. The average molecular weight is 634 g/mol. The Kier molecular flexibility index (Phi) is 16.7. The molecule has 8 nitrogen and oxygen atoms in total. The number of Topliss-reactive ketones (excluding diaryl/α,β-unsaturated/α-hetero) is 1. The molecule has 1 aliphatic heterocycles. The lowest BCUT2D eigenvalue weighted by Gasteiger charge is -2.42. The molecule has 1 fully saturated rings. The Bertz CT molecular complexity index is 1010. The number of amides is 2. The van der Waals surface area contributed by atoms with Crippen molar-refractivity contribution in [1.82, 2.24) is 5.32 Å². The van der Waals surface area contributed by atoms with E-state index in [1.807, 2.05) is 26.0 Å². The predicted molar refractivity (Wildman–Crippen MR) is 178 cm³/mol. The maximum absolute atomic E-state index is 13.4. The molecule has 1 saturated heterocycles. The molecule has 0 bridgehead atoms. The first kappa shape index (κ1) is 39.7. The number of hydrogen-bond acceptors (Lipinski definition) is 7. The van der Waals surface area contributed by atoms with Crippen molar-refractivity contribution in [3.63, 3.8) is 0 Å². The number of carbonyl (C=O) groups excluding carboxylic acids is 4. The Balaban J connectivity index is 3.19. The van der Waals surface area contributed by atoms with Gasteiger partial charge in [0, 0.05) is 38.7 Å². The van der Waals surface area contributed by atoms with Crippen molar-refractivity contribution in [1.29, 1.82) is 0 Å². The van der Waals surface area contributed by atoms with Gasteiger partial charge in [-0.1, -0.05) is 52.8 Å². The van der Waals surface area contributed by atoms with E-state index in [0.29, 0.717) is 32.1 Å². The number of esters is 1. The molecule has 5 atom stereocenters. The lowest BCUT2D eigenvalue weighted by molar-refractivity contribution is -0.151. The first-order chi connectivity index (χ1) is 20.5. The fourth-order valence-corrected chi connectivity index (χ4v) is 6.71. The fourth-order valence-electron chi connectivity index (χ4n) is 5.33. The molecule has 9 heteroatoms. The number of carbonyl (C=O) groups is 4. The van der Waals surface area contributed by atoms with Crippen LogP contribution in [0.4, 0.5) is 0 Å². The van der Waals surface area contributed by atoms with E-state index >= 15 is 0 Å². The van der Waals surface area contributed by atoms with Gasteiger partial charge < -0.3 is 13.9 Å². The summed E-state index contributed by atoms with van der Waals surface area (Å²) in [4.78, 5) is 49.8. The molecular formula is C35H59NO7Si. The van der Waals surface area contributed by atoms with E-state index in [0.717, 1.165) is 18.4 Å². The van der Waals surface area contributed by atoms with Gasteiger partial charge in [-0.05, 0) is 68.7 Å². The normalized spacial score (nSPS) is 18.5. The summed E-state index contributed by atoms with van der Waals surface area (Å²) in [5, 5.41) is 2.32. The lowest BCUT2D eigenvalue weighted by atomic mass is 9.86. The van der Waals surface area contributed by atoms with Crippen molar-refractivity contribution in [2.75, 3.05) is 7.11 Å². The summed E-state index contributed by atoms with van der Waals surface area (Å²) >= 11 is 0. The third kappa shape index (κ3) is 12.9. The molecule has 1 N–H and O–H groups in total. The number of imide groups is 1. The first-order valence-corrected chi connectivity index (χ1v) is 19.0. The van der Waals surface area contributed by atoms with Crippen LogP contribution in [-0.2, 0) is 33.1 Å². The van der Waals surface area contributed by atoms with Crippen LogP contribution in [0.5, 0.6) is 0 Å². The standard InChI is InChI=1S/C35H59NO7Si/c1-12-14-15-16-20-32(40)42-33(26(5)28(37)19-17-18-27-22-30(38)36-31(39)23-27)24(3)21-25(4)34(29(13-2)41-9)43-44(10,11)35(6,7)8/h12-13,21,25-27,29,33-34H,1-2,14-20,22-23H2,3-11H3,(H,36,38,39)/b24-21-/t25-,26-,29+,33+,34+/m1/s1. The van der Waals surface area contributed by atoms with Crippen LogP contribution in [0, 0.1) is 17.8 Å². The average Bonchev–Trinajstić information content (AvgIpc) is 2.92. The van der Waals surface area contributed by atoms with Gasteiger partial charge in [-0.3, -0.25) is 24.5 Å². The highest BCUT2D eigenvalue weighted by Crippen LogP contribution is 2.39. The van der Waals surface area contributed by atoms with Gasteiger partial charge >= 0.3 is 5.97 Å². The van der Waals surface area contributed by atoms with E-state index in [4.69, 9.17) is 13.9 Å². The Hall–Kier alpha value is -2.36. The zero-order valence-electron chi connectivity index (χ0n) is 28.8. The van der Waals surface area contributed by atoms with Crippen LogP contribution in [0.15, 0.2) is 37.0 Å². The second kappa shape index (κ2) is 18.6. The molecule has 1 heterocycles. The highest BCUT2D eigenvalue weighted by Gasteiger charge is 2.42. The van der Waals surface area contributed by atoms with Gasteiger partial charge in [0.05, 0.1) is 12.0 Å².